The van der Waals surface area contributed by atoms with Gasteiger partial charge in [-0.1, -0.05) is 12.1 Å². The Hall–Kier alpha value is -2.16. The third-order valence-corrected chi connectivity index (χ3v) is 2.42. The Balaban J connectivity index is 1.99. The molecular formula is C14H15NO2. The van der Waals surface area contributed by atoms with Crippen LogP contribution in [-0.2, 0) is 6.61 Å². The first-order valence-corrected chi connectivity index (χ1v) is 5.39. The van der Waals surface area contributed by atoms with Crippen LogP contribution in [0, 0.1) is 0 Å². The molecular weight excluding hydrogens is 214 g/mol. The molecule has 0 amide bonds. The smallest absolute Gasteiger partial charge is 0.119 e. The first kappa shape index (κ1) is 11.3. The van der Waals surface area contributed by atoms with Gasteiger partial charge in [0.2, 0.25) is 0 Å². The van der Waals surface area contributed by atoms with Crippen LogP contribution in [0.2, 0.25) is 0 Å². The lowest BCUT2D eigenvalue weighted by molar-refractivity contribution is 0.305. The molecule has 2 aromatic rings. The van der Waals surface area contributed by atoms with Crippen LogP contribution in [-0.4, -0.2) is 7.11 Å². The van der Waals surface area contributed by atoms with Crippen LogP contribution in [0.5, 0.6) is 11.5 Å². The fraction of sp³-hybridized carbons (Fsp3) is 0.143. The summed E-state index contributed by atoms with van der Waals surface area (Å²) in [5, 5.41) is 0. The Kier molecular flexibility index (Phi) is 3.50. The van der Waals surface area contributed by atoms with E-state index < -0.39 is 0 Å². The molecule has 0 heterocycles. The predicted octanol–water partition coefficient (Wildman–Crippen LogP) is 2.86. The lowest BCUT2D eigenvalue weighted by Gasteiger charge is -2.07. The van der Waals surface area contributed by atoms with Gasteiger partial charge in [0.1, 0.15) is 18.1 Å². The van der Waals surface area contributed by atoms with E-state index in [1.54, 1.807) is 7.11 Å². The van der Waals surface area contributed by atoms with Crippen LogP contribution in [0.25, 0.3) is 0 Å². The number of hydrogen-bond acceptors (Lipinski definition) is 3. The van der Waals surface area contributed by atoms with Gasteiger partial charge in [-0.25, -0.2) is 0 Å². The van der Waals surface area contributed by atoms with Crippen LogP contribution in [0.1, 0.15) is 5.56 Å². The molecule has 88 valence electrons. The molecule has 0 aromatic heterocycles. The number of nitrogens with two attached hydrogens (primary N) is 1. The third kappa shape index (κ3) is 3.14. The minimum Gasteiger partial charge on any atom is -0.497 e. The summed E-state index contributed by atoms with van der Waals surface area (Å²) in [7, 11) is 1.65. The van der Waals surface area contributed by atoms with Crippen molar-refractivity contribution in [3.8, 4) is 11.5 Å². The van der Waals surface area contributed by atoms with Gasteiger partial charge in [-0.05, 0) is 42.0 Å². The SMILES string of the molecule is COc1cccc(COc2ccc(N)cc2)c1. The summed E-state index contributed by atoms with van der Waals surface area (Å²) in [4.78, 5) is 0. The van der Waals surface area contributed by atoms with Gasteiger partial charge in [-0.15, -0.1) is 0 Å². The second-order valence-corrected chi connectivity index (χ2v) is 3.71. The molecule has 0 aliphatic carbocycles. The summed E-state index contributed by atoms with van der Waals surface area (Å²) in [5.41, 5.74) is 7.41. The Morgan fingerprint density at radius 1 is 1.00 bits per heavy atom. The zero-order valence-electron chi connectivity index (χ0n) is 9.72. The average Bonchev–Trinajstić information content (AvgIpc) is 2.38. The van der Waals surface area contributed by atoms with Crippen molar-refractivity contribution in [3.05, 3.63) is 54.1 Å². The van der Waals surface area contributed by atoms with Gasteiger partial charge < -0.3 is 15.2 Å². The maximum Gasteiger partial charge on any atom is 0.119 e. The number of hydrogen-bond donors (Lipinski definition) is 1. The van der Waals surface area contributed by atoms with Gasteiger partial charge in [0.25, 0.3) is 0 Å². The Morgan fingerprint density at radius 2 is 1.76 bits per heavy atom. The lowest BCUT2D eigenvalue weighted by atomic mass is 10.2. The molecule has 0 unspecified atom stereocenters. The molecule has 0 atom stereocenters. The van der Waals surface area contributed by atoms with Crippen LogP contribution < -0.4 is 15.2 Å². The number of anilines is 1. The number of rotatable bonds is 4. The number of nitrogen functional groups attached to an aromatic ring is 1. The van der Waals surface area contributed by atoms with E-state index in [1.807, 2.05) is 48.5 Å². The molecule has 0 spiro atoms. The highest BCUT2D eigenvalue weighted by atomic mass is 16.5. The largest absolute Gasteiger partial charge is 0.497 e. The molecule has 0 saturated heterocycles. The third-order valence-electron chi connectivity index (χ3n) is 2.42. The molecule has 0 bridgehead atoms. The maximum absolute atomic E-state index is 5.64. The first-order chi connectivity index (χ1) is 8.28. The van der Waals surface area contributed by atoms with Crippen LogP contribution in [0.3, 0.4) is 0 Å². The van der Waals surface area contributed by atoms with Crippen molar-refractivity contribution in [2.75, 3.05) is 12.8 Å². The van der Waals surface area contributed by atoms with Gasteiger partial charge in [-0.3, -0.25) is 0 Å². The van der Waals surface area contributed by atoms with Gasteiger partial charge in [-0.2, -0.15) is 0 Å². The molecule has 0 aliphatic heterocycles. The van der Waals surface area contributed by atoms with Crippen molar-refractivity contribution < 1.29 is 9.47 Å². The monoisotopic (exact) mass is 229 g/mol. The highest BCUT2D eigenvalue weighted by Crippen LogP contribution is 2.17. The summed E-state index contributed by atoms with van der Waals surface area (Å²) < 4.78 is 10.8. The molecule has 0 aliphatic rings. The molecule has 2 N–H and O–H groups in total. The molecule has 3 heteroatoms. The normalized spacial score (nSPS) is 9.94. The molecule has 2 rings (SSSR count). The fourth-order valence-electron chi connectivity index (χ4n) is 1.49. The van der Waals surface area contributed by atoms with E-state index in [-0.39, 0.29) is 0 Å². The standard InChI is InChI=1S/C14H15NO2/c1-16-14-4-2-3-11(9-14)10-17-13-7-5-12(15)6-8-13/h2-9H,10,15H2,1H3. The number of benzene rings is 2. The minimum atomic E-state index is 0.515. The lowest BCUT2D eigenvalue weighted by Crippen LogP contribution is -1.96. The molecule has 2 aromatic carbocycles. The summed E-state index contributed by atoms with van der Waals surface area (Å²) >= 11 is 0. The predicted molar refractivity (Wildman–Crippen MR) is 68.2 cm³/mol. The average molecular weight is 229 g/mol. The zero-order chi connectivity index (χ0) is 12.1. The summed E-state index contributed by atoms with van der Waals surface area (Å²) in [6.45, 7) is 0.515. The van der Waals surface area contributed by atoms with Crippen molar-refractivity contribution >= 4 is 5.69 Å². The second-order valence-electron chi connectivity index (χ2n) is 3.71. The van der Waals surface area contributed by atoms with Crippen molar-refractivity contribution in [3.63, 3.8) is 0 Å². The molecule has 0 fully saturated rings. The van der Waals surface area contributed by atoms with Crippen molar-refractivity contribution in [1.82, 2.24) is 0 Å². The van der Waals surface area contributed by atoms with Crippen LogP contribution >= 0.6 is 0 Å². The van der Waals surface area contributed by atoms with E-state index >= 15 is 0 Å². The highest BCUT2D eigenvalue weighted by Gasteiger charge is 1.98. The van der Waals surface area contributed by atoms with Gasteiger partial charge in [0.15, 0.2) is 0 Å². The first-order valence-electron chi connectivity index (χ1n) is 5.39. The molecule has 17 heavy (non-hydrogen) atoms. The maximum atomic E-state index is 5.64. The van der Waals surface area contributed by atoms with E-state index in [1.165, 1.54) is 0 Å². The summed E-state index contributed by atoms with van der Waals surface area (Å²) in [6.07, 6.45) is 0. The second kappa shape index (κ2) is 5.25. The number of ether oxygens (including phenoxy) is 2. The topological polar surface area (TPSA) is 44.5 Å². The Labute approximate surface area is 101 Å². The van der Waals surface area contributed by atoms with E-state index in [0.717, 1.165) is 22.7 Å². The quantitative estimate of drug-likeness (QED) is 0.820. The Morgan fingerprint density at radius 3 is 2.47 bits per heavy atom. The summed E-state index contributed by atoms with van der Waals surface area (Å²) in [5.74, 6) is 1.64. The fourth-order valence-corrected chi connectivity index (χ4v) is 1.49. The number of methoxy groups -OCH3 is 1. The molecule has 0 radical (unpaired) electrons. The van der Waals surface area contributed by atoms with E-state index in [2.05, 4.69) is 0 Å². The molecule has 0 saturated carbocycles. The van der Waals surface area contributed by atoms with E-state index in [9.17, 15) is 0 Å². The van der Waals surface area contributed by atoms with E-state index in [4.69, 9.17) is 15.2 Å². The van der Waals surface area contributed by atoms with Crippen molar-refractivity contribution in [2.45, 2.75) is 6.61 Å². The highest BCUT2D eigenvalue weighted by molar-refractivity contribution is 5.41. The van der Waals surface area contributed by atoms with E-state index in [0.29, 0.717) is 6.61 Å². The van der Waals surface area contributed by atoms with Crippen molar-refractivity contribution in [1.29, 1.82) is 0 Å². The van der Waals surface area contributed by atoms with Gasteiger partial charge in [0, 0.05) is 5.69 Å². The van der Waals surface area contributed by atoms with Gasteiger partial charge >= 0.3 is 0 Å². The van der Waals surface area contributed by atoms with Crippen LogP contribution in [0.4, 0.5) is 5.69 Å². The van der Waals surface area contributed by atoms with Crippen LogP contribution in [0.15, 0.2) is 48.5 Å². The minimum absolute atomic E-state index is 0.515. The molecule has 3 nitrogen and oxygen atoms in total. The Bertz CT molecular complexity index is 480. The zero-order valence-corrected chi connectivity index (χ0v) is 9.72. The van der Waals surface area contributed by atoms with Gasteiger partial charge in [0.05, 0.1) is 7.11 Å². The van der Waals surface area contributed by atoms with Crippen molar-refractivity contribution in [2.24, 2.45) is 0 Å². The summed E-state index contributed by atoms with van der Waals surface area (Å²) in [6, 6.07) is 15.2.